The molecule has 1 aromatic carbocycles. The van der Waals surface area contributed by atoms with Gasteiger partial charge in [-0.1, -0.05) is 6.92 Å². The predicted molar refractivity (Wildman–Crippen MR) is 71.7 cm³/mol. The maximum absolute atomic E-state index is 13.2. The highest BCUT2D eigenvalue weighted by molar-refractivity contribution is 5.94. The Labute approximate surface area is 112 Å². The van der Waals surface area contributed by atoms with E-state index < -0.39 is 0 Å². The van der Waals surface area contributed by atoms with Crippen LogP contribution in [0.2, 0.25) is 0 Å². The van der Waals surface area contributed by atoms with E-state index in [-0.39, 0.29) is 17.6 Å². The number of ether oxygens (including phenoxy) is 1. The van der Waals surface area contributed by atoms with Gasteiger partial charge in [0, 0.05) is 12.6 Å². The fraction of sp³-hybridized carbons (Fsp3) is 0.500. The Kier molecular flexibility index (Phi) is 4.37. The van der Waals surface area contributed by atoms with Crippen LogP contribution in [0.25, 0.3) is 0 Å². The molecule has 0 aliphatic carbocycles. The molecule has 5 heteroatoms. The molecule has 0 radical (unpaired) electrons. The molecule has 1 aliphatic rings. The van der Waals surface area contributed by atoms with Crippen LogP contribution in [0.5, 0.6) is 5.75 Å². The molecule has 1 saturated heterocycles. The molecular weight excluding hydrogens is 247 g/mol. The van der Waals surface area contributed by atoms with E-state index in [1.165, 1.54) is 18.2 Å². The first-order chi connectivity index (χ1) is 9.11. The molecule has 1 aliphatic heterocycles. The topological polar surface area (TPSA) is 50.4 Å². The molecule has 0 aromatic heterocycles. The van der Waals surface area contributed by atoms with Gasteiger partial charge in [-0.25, -0.2) is 4.39 Å². The highest BCUT2D eigenvalue weighted by atomic mass is 19.1. The second-order valence-corrected chi connectivity index (χ2v) is 4.80. The number of nitrogens with one attached hydrogen (secondary N) is 2. The summed E-state index contributed by atoms with van der Waals surface area (Å²) in [6, 6.07) is 4.13. The van der Waals surface area contributed by atoms with Crippen LogP contribution in [-0.2, 0) is 4.79 Å². The van der Waals surface area contributed by atoms with Gasteiger partial charge in [0.15, 0.2) is 0 Å². The number of benzene rings is 1. The summed E-state index contributed by atoms with van der Waals surface area (Å²) in [6.45, 7) is 5.81. The summed E-state index contributed by atoms with van der Waals surface area (Å²) in [5, 5.41) is 6.01. The van der Waals surface area contributed by atoms with Crippen molar-refractivity contribution < 1.29 is 13.9 Å². The summed E-state index contributed by atoms with van der Waals surface area (Å²) in [4.78, 5) is 12.2. The number of amides is 1. The normalized spacial score (nSPS) is 22.3. The largest absolute Gasteiger partial charge is 0.492 e. The molecule has 1 fully saturated rings. The first kappa shape index (κ1) is 13.8. The first-order valence-electron chi connectivity index (χ1n) is 6.55. The summed E-state index contributed by atoms with van der Waals surface area (Å²) in [7, 11) is 0. The minimum absolute atomic E-state index is 0.0509. The Balaban J connectivity index is 2.11. The zero-order chi connectivity index (χ0) is 13.8. The quantitative estimate of drug-likeness (QED) is 0.876. The standard InChI is InChI=1S/C14H19FN2O2/c1-3-19-13-6-10(15)4-5-12(13)17-14(18)11-8-16-7-9(11)2/h4-6,9,11,16H,3,7-8H2,1-2H3,(H,17,18). The summed E-state index contributed by atoms with van der Waals surface area (Å²) < 4.78 is 18.5. The van der Waals surface area contributed by atoms with Crippen LogP contribution in [0, 0.1) is 17.7 Å². The van der Waals surface area contributed by atoms with Crippen molar-refractivity contribution in [3.05, 3.63) is 24.0 Å². The molecule has 0 saturated carbocycles. The zero-order valence-corrected chi connectivity index (χ0v) is 11.2. The highest BCUT2D eigenvalue weighted by Crippen LogP contribution is 2.27. The number of carbonyl (C=O) groups excluding carboxylic acids is 1. The third kappa shape index (κ3) is 3.23. The number of anilines is 1. The molecule has 104 valence electrons. The van der Waals surface area contributed by atoms with E-state index in [0.29, 0.717) is 30.5 Å². The van der Waals surface area contributed by atoms with Gasteiger partial charge in [-0.2, -0.15) is 0 Å². The summed E-state index contributed by atoms with van der Waals surface area (Å²) >= 11 is 0. The van der Waals surface area contributed by atoms with Crippen molar-refractivity contribution in [1.82, 2.24) is 5.32 Å². The van der Waals surface area contributed by atoms with Gasteiger partial charge >= 0.3 is 0 Å². The fourth-order valence-corrected chi connectivity index (χ4v) is 2.26. The van der Waals surface area contributed by atoms with Crippen molar-refractivity contribution in [1.29, 1.82) is 0 Å². The van der Waals surface area contributed by atoms with Crippen molar-refractivity contribution >= 4 is 11.6 Å². The van der Waals surface area contributed by atoms with E-state index in [9.17, 15) is 9.18 Å². The van der Waals surface area contributed by atoms with Crippen molar-refractivity contribution in [3.8, 4) is 5.75 Å². The van der Waals surface area contributed by atoms with Gasteiger partial charge in [0.25, 0.3) is 0 Å². The number of hydrogen-bond acceptors (Lipinski definition) is 3. The van der Waals surface area contributed by atoms with Gasteiger partial charge in [0.2, 0.25) is 5.91 Å². The van der Waals surface area contributed by atoms with Crippen LogP contribution in [0.3, 0.4) is 0 Å². The monoisotopic (exact) mass is 266 g/mol. The molecule has 1 heterocycles. The summed E-state index contributed by atoms with van der Waals surface area (Å²) in [5.41, 5.74) is 0.521. The van der Waals surface area contributed by atoms with Crippen LogP contribution >= 0.6 is 0 Å². The number of hydrogen-bond donors (Lipinski definition) is 2. The Bertz CT molecular complexity index is 465. The molecule has 0 spiro atoms. The molecule has 2 rings (SSSR count). The van der Waals surface area contributed by atoms with Crippen LogP contribution in [-0.4, -0.2) is 25.6 Å². The van der Waals surface area contributed by atoms with E-state index >= 15 is 0 Å². The zero-order valence-electron chi connectivity index (χ0n) is 11.2. The SMILES string of the molecule is CCOc1cc(F)ccc1NC(=O)C1CNCC1C. The molecule has 2 unspecified atom stereocenters. The van der Waals surface area contributed by atoms with E-state index in [1.54, 1.807) is 0 Å². The average molecular weight is 266 g/mol. The maximum atomic E-state index is 13.2. The molecule has 19 heavy (non-hydrogen) atoms. The van der Waals surface area contributed by atoms with Gasteiger partial charge in [-0.15, -0.1) is 0 Å². The predicted octanol–water partition coefficient (Wildman–Crippen LogP) is 2.02. The van der Waals surface area contributed by atoms with Crippen molar-refractivity contribution in [2.24, 2.45) is 11.8 Å². The summed E-state index contributed by atoms with van der Waals surface area (Å²) in [6.07, 6.45) is 0. The van der Waals surface area contributed by atoms with E-state index in [0.717, 1.165) is 6.54 Å². The van der Waals surface area contributed by atoms with Crippen LogP contribution in [0.15, 0.2) is 18.2 Å². The van der Waals surface area contributed by atoms with Gasteiger partial charge in [-0.3, -0.25) is 4.79 Å². The third-order valence-electron chi connectivity index (χ3n) is 3.36. The van der Waals surface area contributed by atoms with E-state index in [2.05, 4.69) is 10.6 Å². The smallest absolute Gasteiger partial charge is 0.229 e. The minimum atomic E-state index is -0.377. The van der Waals surface area contributed by atoms with Crippen molar-refractivity contribution in [2.45, 2.75) is 13.8 Å². The lowest BCUT2D eigenvalue weighted by atomic mass is 9.97. The average Bonchev–Trinajstić information content (AvgIpc) is 2.79. The lowest BCUT2D eigenvalue weighted by molar-refractivity contribution is -0.120. The summed E-state index contributed by atoms with van der Waals surface area (Å²) in [5.74, 6) is 0.187. The van der Waals surface area contributed by atoms with Gasteiger partial charge in [0.1, 0.15) is 11.6 Å². The van der Waals surface area contributed by atoms with Gasteiger partial charge in [-0.05, 0) is 31.5 Å². The molecule has 2 N–H and O–H groups in total. The lowest BCUT2D eigenvalue weighted by Gasteiger charge is -2.16. The molecule has 2 atom stereocenters. The molecular formula is C14H19FN2O2. The van der Waals surface area contributed by atoms with Crippen molar-refractivity contribution in [2.75, 3.05) is 25.0 Å². The number of carbonyl (C=O) groups is 1. The lowest BCUT2D eigenvalue weighted by Crippen LogP contribution is -2.28. The maximum Gasteiger partial charge on any atom is 0.229 e. The fourth-order valence-electron chi connectivity index (χ4n) is 2.26. The Morgan fingerprint density at radius 2 is 2.32 bits per heavy atom. The minimum Gasteiger partial charge on any atom is -0.492 e. The second kappa shape index (κ2) is 6.02. The van der Waals surface area contributed by atoms with Crippen LogP contribution in [0.1, 0.15) is 13.8 Å². The van der Waals surface area contributed by atoms with E-state index in [4.69, 9.17) is 4.74 Å². The number of halogens is 1. The van der Waals surface area contributed by atoms with Gasteiger partial charge < -0.3 is 15.4 Å². The second-order valence-electron chi connectivity index (χ2n) is 4.80. The molecule has 1 aromatic rings. The number of rotatable bonds is 4. The van der Waals surface area contributed by atoms with E-state index in [1.807, 2.05) is 13.8 Å². The van der Waals surface area contributed by atoms with Crippen LogP contribution in [0.4, 0.5) is 10.1 Å². The Morgan fingerprint density at radius 1 is 1.53 bits per heavy atom. The molecule has 1 amide bonds. The first-order valence-corrected chi connectivity index (χ1v) is 6.55. The highest BCUT2D eigenvalue weighted by Gasteiger charge is 2.29. The van der Waals surface area contributed by atoms with Crippen molar-refractivity contribution in [3.63, 3.8) is 0 Å². The molecule has 0 bridgehead atoms. The Hall–Kier alpha value is -1.62. The third-order valence-corrected chi connectivity index (χ3v) is 3.36. The van der Waals surface area contributed by atoms with Crippen LogP contribution < -0.4 is 15.4 Å². The Morgan fingerprint density at radius 3 is 2.95 bits per heavy atom. The van der Waals surface area contributed by atoms with Gasteiger partial charge in [0.05, 0.1) is 18.2 Å². The molecule has 4 nitrogen and oxygen atoms in total.